The van der Waals surface area contributed by atoms with Gasteiger partial charge in [-0.3, -0.25) is 0 Å². The molecule has 0 saturated heterocycles. The number of hydrogen-bond acceptors (Lipinski definition) is 4. The fourth-order valence-corrected chi connectivity index (χ4v) is 1.76. The molecule has 0 bridgehead atoms. The third-order valence-corrected chi connectivity index (χ3v) is 2.65. The van der Waals surface area contributed by atoms with Gasteiger partial charge in [0.2, 0.25) is 0 Å². The number of para-hydroxylation sites is 1. The summed E-state index contributed by atoms with van der Waals surface area (Å²) in [6, 6.07) is 9.54. The molecule has 4 nitrogen and oxygen atoms in total. The zero-order valence-electron chi connectivity index (χ0n) is 10.0. The Labute approximate surface area is 101 Å². The van der Waals surface area contributed by atoms with Gasteiger partial charge in [0, 0.05) is 7.05 Å². The van der Waals surface area contributed by atoms with E-state index in [0.29, 0.717) is 18.0 Å². The van der Waals surface area contributed by atoms with Crippen molar-refractivity contribution in [1.82, 2.24) is 0 Å². The highest BCUT2D eigenvalue weighted by molar-refractivity contribution is 5.73. The summed E-state index contributed by atoms with van der Waals surface area (Å²) in [5.41, 5.74) is 7.60. The Bertz CT molecular complexity index is 480. The van der Waals surface area contributed by atoms with Crippen LogP contribution in [0.25, 0.3) is 0 Å². The number of anilines is 2. The second-order valence-corrected chi connectivity index (χ2v) is 3.83. The Morgan fingerprint density at radius 3 is 2.76 bits per heavy atom. The van der Waals surface area contributed by atoms with Gasteiger partial charge in [0.15, 0.2) is 0 Å². The second-order valence-electron chi connectivity index (χ2n) is 3.83. The lowest BCUT2D eigenvalue weighted by Gasteiger charge is -2.21. The van der Waals surface area contributed by atoms with Crippen molar-refractivity contribution in [3.63, 3.8) is 0 Å². The van der Waals surface area contributed by atoms with E-state index in [1.807, 2.05) is 42.3 Å². The smallest absolute Gasteiger partial charge is 0.143 e. The Balaban J connectivity index is 2.22. The Morgan fingerprint density at radius 1 is 1.29 bits per heavy atom. The number of furan rings is 1. The average Bonchev–Trinajstić information content (AvgIpc) is 2.82. The minimum absolute atomic E-state index is 0.643. The Kier molecular flexibility index (Phi) is 3.23. The van der Waals surface area contributed by atoms with E-state index in [4.69, 9.17) is 14.9 Å². The molecular weight excluding hydrogens is 216 g/mol. The monoisotopic (exact) mass is 232 g/mol. The van der Waals surface area contributed by atoms with Crippen molar-refractivity contribution in [1.29, 1.82) is 0 Å². The number of benzene rings is 1. The molecule has 0 unspecified atom stereocenters. The number of nitrogens with zero attached hydrogens (tertiary/aromatic N) is 1. The maximum absolute atomic E-state index is 6.03. The van der Waals surface area contributed by atoms with E-state index >= 15 is 0 Å². The van der Waals surface area contributed by atoms with E-state index in [9.17, 15) is 0 Å². The van der Waals surface area contributed by atoms with Gasteiger partial charge in [0.25, 0.3) is 0 Å². The Morgan fingerprint density at radius 2 is 2.12 bits per heavy atom. The van der Waals surface area contributed by atoms with Crippen LogP contribution in [0.15, 0.2) is 41.0 Å². The van der Waals surface area contributed by atoms with Crippen LogP contribution in [0.4, 0.5) is 11.4 Å². The maximum Gasteiger partial charge on any atom is 0.143 e. The molecule has 0 aliphatic heterocycles. The highest BCUT2D eigenvalue weighted by atomic mass is 16.5. The fourth-order valence-electron chi connectivity index (χ4n) is 1.76. The molecule has 1 heterocycles. The lowest BCUT2D eigenvalue weighted by atomic mass is 10.2. The highest BCUT2D eigenvalue weighted by Crippen LogP contribution is 2.31. The van der Waals surface area contributed by atoms with Gasteiger partial charge in [-0.05, 0) is 24.3 Å². The quantitative estimate of drug-likeness (QED) is 0.823. The van der Waals surface area contributed by atoms with Crippen molar-refractivity contribution >= 4 is 11.4 Å². The molecule has 4 heteroatoms. The van der Waals surface area contributed by atoms with Crippen LogP contribution in [0.2, 0.25) is 0 Å². The van der Waals surface area contributed by atoms with Crippen LogP contribution >= 0.6 is 0 Å². The minimum atomic E-state index is 0.643. The van der Waals surface area contributed by atoms with Gasteiger partial charge in [0.05, 0.1) is 31.3 Å². The minimum Gasteiger partial charge on any atom is -0.495 e. The molecule has 0 aliphatic carbocycles. The predicted octanol–water partition coefficient (Wildman–Crippen LogP) is 2.51. The molecule has 0 spiro atoms. The molecule has 0 saturated carbocycles. The number of nitrogens with two attached hydrogens (primary N) is 1. The molecule has 1 aromatic carbocycles. The zero-order chi connectivity index (χ0) is 12.3. The lowest BCUT2D eigenvalue weighted by Crippen LogP contribution is -2.17. The summed E-state index contributed by atoms with van der Waals surface area (Å²) in [5.74, 6) is 1.59. The van der Waals surface area contributed by atoms with Crippen LogP contribution in [0, 0.1) is 0 Å². The summed E-state index contributed by atoms with van der Waals surface area (Å²) in [5, 5.41) is 0. The first-order valence-corrected chi connectivity index (χ1v) is 5.38. The normalized spacial score (nSPS) is 10.2. The number of methoxy groups -OCH3 is 1. The van der Waals surface area contributed by atoms with E-state index in [2.05, 4.69) is 0 Å². The number of ether oxygens (including phenoxy) is 1. The van der Waals surface area contributed by atoms with Gasteiger partial charge in [-0.15, -0.1) is 0 Å². The van der Waals surface area contributed by atoms with Crippen molar-refractivity contribution in [2.24, 2.45) is 0 Å². The van der Waals surface area contributed by atoms with Crippen LogP contribution in [0.1, 0.15) is 5.76 Å². The lowest BCUT2D eigenvalue weighted by molar-refractivity contribution is 0.417. The van der Waals surface area contributed by atoms with Crippen LogP contribution in [-0.2, 0) is 6.54 Å². The first kappa shape index (κ1) is 11.4. The standard InChI is InChI=1S/C13H16N2O2/c1-15(9-10-5-4-8-17-10)11-6-3-7-12(16-2)13(11)14/h3-8H,9,14H2,1-2H3. The number of nitrogen functional groups attached to an aromatic ring is 1. The highest BCUT2D eigenvalue weighted by Gasteiger charge is 2.10. The second kappa shape index (κ2) is 4.82. The summed E-state index contributed by atoms with van der Waals surface area (Å²) in [7, 11) is 3.58. The van der Waals surface area contributed by atoms with Crippen molar-refractivity contribution in [3.05, 3.63) is 42.4 Å². The van der Waals surface area contributed by atoms with Gasteiger partial charge in [-0.25, -0.2) is 0 Å². The molecule has 0 fully saturated rings. The van der Waals surface area contributed by atoms with E-state index in [1.54, 1.807) is 13.4 Å². The summed E-state index contributed by atoms with van der Waals surface area (Å²) in [6.07, 6.45) is 1.66. The van der Waals surface area contributed by atoms with Gasteiger partial charge in [-0.2, -0.15) is 0 Å². The fraction of sp³-hybridized carbons (Fsp3) is 0.231. The molecular formula is C13H16N2O2. The van der Waals surface area contributed by atoms with Crippen molar-refractivity contribution in [2.75, 3.05) is 24.8 Å². The molecule has 0 amide bonds. The molecule has 2 N–H and O–H groups in total. The van der Waals surface area contributed by atoms with Gasteiger partial charge < -0.3 is 19.8 Å². The molecule has 17 heavy (non-hydrogen) atoms. The third-order valence-electron chi connectivity index (χ3n) is 2.65. The third kappa shape index (κ3) is 2.36. The van der Waals surface area contributed by atoms with E-state index < -0.39 is 0 Å². The van der Waals surface area contributed by atoms with Gasteiger partial charge >= 0.3 is 0 Å². The zero-order valence-corrected chi connectivity index (χ0v) is 10.0. The van der Waals surface area contributed by atoms with Gasteiger partial charge in [-0.1, -0.05) is 6.07 Å². The van der Waals surface area contributed by atoms with Crippen molar-refractivity contribution in [3.8, 4) is 5.75 Å². The molecule has 90 valence electrons. The maximum atomic E-state index is 6.03. The summed E-state index contributed by atoms with van der Waals surface area (Å²) in [6.45, 7) is 0.671. The van der Waals surface area contributed by atoms with Crippen molar-refractivity contribution in [2.45, 2.75) is 6.54 Å². The van der Waals surface area contributed by atoms with E-state index in [0.717, 1.165) is 11.4 Å². The van der Waals surface area contributed by atoms with Crippen LogP contribution in [-0.4, -0.2) is 14.2 Å². The largest absolute Gasteiger partial charge is 0.495 e. The molecule has 0 aliphatic rings. The number of rotatable bonds is 4. The molecule has 1 aromatic heterocycles. The summed E-state index contributed by atoms with van der Waals surface area (Å²) in [4.78, 5) is 2.02. The number of hydrogen-bond donors (Lipinski definition) is 1. The molecule has 0 radical (unpaired) electrons. The predicted molar refractivity (Wildman–Crippen MR) is 68.2 cm³/mol. The van der Waals surface area contributed by atoms with Crippen LogP contribution in [0.3, 0.4) is 0 Å². The van der Waals surface area contributed by atoms with Crippen LogP contribution < -0.4 is 15.4 Å². The molecule has 2 rings (SSSR count). The topological polar surface area (TPSA) is 51.6 Å². The Hall–Kier alpha value is -2.10. The summed E-state index contributed by atoms with van der Waals surface area (Å²) >= 11 is 0. The van der Waals surface area contributed by atoms with Crippen molar-refractivity contribution < 1.29 is 9.15 Å². The summed E-state index contributed by atoms with van der Waals surface area (Å²) < 4.78 is 10.5. The first-order valence-electron chi connectivity index (χ1n) is 5.38. The van der Waals surface area contributed by atoms with E-state index in [-0.39, 0.29) is 0 Å². The molecule has 0 atom stereocenters. The molecule has 2 aromatic rings. The van der Waals surface area contributed by atoms with Crippen LogP contribution in [0.5, 0.6) is 5.75 Å². The average molecular weight is 232 g/mol. The SMILES string of the molecule is COc1cccc(N(C)Cc2ccco2)c1N. The van der Waals surface area contributed by atoms with E-state index in [1.165, 1.54) is 0 Å². The first-order chi connectivity index (χ1) is 8.22. The van der Waals surface area contributed by atoms with Gasteiger partial charge in [0.1, 0.15) is 11.5 Å².